The van der Waals surface area contributed by atoms with E-state index in [-0.39, 0.29) is 0 Å². The zero-order valence-corrected chi connectivity index (χ0v) is 18.9. The first-order valence-corrected chi connectivity index (χ1v) is 12.1. The van der Waals surface area contributed by atoms with E-state index in [1.165, 1.54) is 5.56 Å². The number of nitrogens with zero attached hydrogens (tertiary/aromatic N) is 1. The molecule has 1 aromatic carbocycles. The molecule has 1 aromatic rings. The molecule has 0 amide bonds. The van der Waals surface area contributed by atoms with E-state index < -0.39 is 10.0 Å². The molecule has 2 saturated heterocycles. The summed E-state index contributed by atoms with van der Waals surface area (Å²) >= 11 is 0. The van der Waals surface area contributed by atoms with Crippen molar-refractivity contribution in [2.24, 2.45) is 5.92 Å². The number of ether oxygens (including phenoxy) is 1. The molecule has 2 aliphatic heterocycles. The van der Waals surface area contributed by atoms with E-state index in [4.69, 9.17) is 4.74 Å². The lowest BCUT2D eigenvalue weighted by molar-refractivity contribution is 0.0214. The number of piperidine rings is 1. The molecule has 0 atom stereocenters. The number of nitrogens with one attached hydrogen (secondary N) is 1. The predicted molar refractivity (Wildman–Crippen MR) is 113 cm³/mol. The second kappa shape index (κ2) is 8.82. The maximum absolute atomic E-state index is 13.1. The Balaban J connectivity index is 1.62. The molecule has 0 aromatic heterocycles. The Morgan fingerprint density at radius 1 is 0.857 bits per heavy atom. The number of hydrogen-bond donors (Lipinski definition) is 1. The SMILES string of the molecule is Cc1c(C)c(C)c(S(=O)(=O)NCC2CCN(C3CCOCC3)CC2)c(C)c1C. The highest BCUT2D eigenvalue weighted by Crippen LogP contribution is 2.30. The van der Waals surface area contributed by atoms with Gasteiger partial charge in [0.1, 0.15) is 0 Å². The van der Waals surface area contributed by atoms with Gasteiger partial charge < -0.3 is 9.64 Å². The number of likely N-dealkylation sites (tertiary alicyclic amines) is 1. The molecule has 0 saturated carbocycles. The summed E-state index contributed by atoms with van der Waals surface area (Å²) in [5.74, 6) is 0.416. The van der Waals surface area contributed by atoms with Crippen LogP contribution in [0.5, 0.6) is 0 Å². The molecule has 0 bridgehead atoms. The standard InChI is InChI=1S/C22H36N2O3S/c1-15-16(2)18(4)22(19(5)17(15)3)28(25,26)23-14-20-6-10-24(11-7-20)21-8-12-27-13-9-21/h20-21,23H,6-14H2,1-5H3. The summed E-state index contributed by atoms with van der Waals surface area (Å²) in [5, 5.41) is 0. The first-order chi connectivity index (χ1) is 13.2. The zero-order valence-electron chi connectivity index (χ0n) is 18.1. The van der Waals surface area contributed by atoms with Crippen LogP contribution in [0.15, 0.2) is 4.90 Å². The minimum atomic E-state index is -3.50. The average Bonchev–Trinajstić information content (AvgIpc) is 2.70. The van der Waals surface area contributed by atoms with E-state index in [1.807, 2.05) is 27.7 Å². The molecule has 2 fully saturated rings. The average molecular weight is 409 g/mol. The van der Waals surface area contributed by atoms with Gasteiger partial charge in [0, 0.05) is 25.8 Å². The molecule has 2 aliphatic rings. The van der Waals surface area contributed by atoms with Crippen molar-refractivity contribution in [2.75, 3.05) is 32.8 Å². The molecule has 6 heteroatoms. The van der Waals surface area contributed by atoms with E-state index in [0.29, 0.717) is 23.4 Å². The summed E-state index contributed by atoms with van der Waals surface area (Å²) in [6.07, 6.45) is 4.37. The number of hydrogen-bond acceptors (Lipinski definition) is 4. The fourth-order valence-electron chi connectivity index (χ4n) is 4.74. The Hall–Kier alpha value is -0.950. The lowest BCUT2D eigenvalue weighted by Gasteiger charge is -2.39. The van der Waals surface area contributed by atoms with Crippen molar-refractivity contribution >= 4 is 10.0 Å². The van der Waals surface area contributed by atoms with Crippen LogP contribution in [0.2, 0.25) is 0 Å². The summed E-state index contributed by atoms with van der Waals surface area (Å²) in [6.45, 7) is 14.4. The quantitative estimate of drug-likeness (QED) is 0.811. The third-order valence-electron chi connectivity index (χ3n) is 7.12. The Kier molecular flexibility index (Phi) is 6.85. The van der Waals surface area contributed by atoms with Gasteiger partial charge >= 0.3 is 0 Å². The van der Waals surface area contributed by atoms with E-state index >= 15 is 0 Å². The maximum atomic E-state index is 13.1. The van der Waals surface area contributed by atoms with Crippen molar-refractivity contribution in [2.45, 2.75) is 71.2 Å². The monoisotopic (exact) mass is 408 g/mol. The molecule has 158 valence electrons. The summed E-state index contributed by atoms with van der Waals surface area (Å²) < 4.78 is 34.6. The number of benzene rings is 1. The van der Waals surface area contributed by atoms with Crippen LogP contribution < -0.4 is 4.72 Å². The Bertz CT molecular complexity index is 777. The Morgan fingerprint density at radius 3 is 1.89 bits per heavy atom. The molecule has 1 N–H and O–H groups in total. The highest BCUT2D eigenvalue weighted by atomic mass is 32.2. The third-order valence-corrected chi connectivity index (χ3v) is 8.81. The smallest absolute Gasteiger partial charge is 0.241 e. The predicted octanol–water partition coefficient (Wildman–Crippen LogP) is 3.40. The molecule has 0 unspecified atom stereocenters. The Morgan fingerprint density at radius 2 is 1.36 bits per heavy atom. The number of sulfonamides is 1. The van der Waals surface area contributed by atoms with Gasteiger partial charge in [0.15, 0.2) is 0 Å². The fourth-order valence-corrected chi connectivity index (χ4v) is 6.45. The van der Waals surface area contributed by atoms with Crippen molar-refractivity contribution < 1.29 is 13.2 Å². The van der Waals surface area contributed by atoms with E-state index in [2.05, 4.69) is 16.5 Å². The van der Waals surface area contributed by atoms with Crippen LogP contribution in [0.4, 0.5) is 0 Å². The van der Waals surface area contributed by atoms with Crippen LogP contribution in [0, 0.1) is 40.5 Å². The lowest BCUT2D eigenvalue weighted by Crippen LogP contribution is -2.45. The Labute approximate surface area is 170 Å². The second-order valence-corrected chi connectivity index (χ2v) is 10.3. The van der Waals surface area contributed by atoms with Gasteiger partial charge in [0.2, 0.25) is 10.0 Å². The minimum Gasteiger partial charge on any atom is -0.381 e. The molecule has 5 nitrogen and oxygen atoms in total. The van der Waals surface area contributed by atoms with Gasteiger partial charge in [-0.15, -0.1) is 0 Å². The largest absolute Gasteiger partial charge is 0.381 e. The molecule has 0 radical (unpaired) electrons. The molecule has 0 spiro atoms. The first kappa shape index (κ1) is 21.8. The number of rotatable bonds is 5. The normalized spacial score (nSPS) is 20.6. The van der Waals surface area contributed by atoms with Crippen molar-refractivity contribution in [3.63, 3.8) is 0 Å². The zero-order chi connectivity index (χ0) is 20.5. The summed E-state index contributed by atoms with van der Waals surface area (Å²) in [5.41, 5.74) is 5.10. The summed E-state index contributed by atoms with van der Waals surface area (Å²) in [6, 6.07) is 0.648. The first-order valence-electron chi connectivity index (χ1n) is 10.6. The van der Waals surface area contributed by atoms with Crippen molar-refractivity contribution in [1.82, 2.24) is 9.62 Å². The molecule has 3 rings (SSSR count). The van der Waals surface area contributed by atoms with Crippen molar-refractivity contribution in [3.8, 4) is 0 Å². The van der Waals surface area contributed by atoms with Crippen LogP contribution >= 0.6 is 0 Å². The highest BCUT2D eigenvalue weighted by Gasteiger charge is 2.28. The van der Waals surface area contributed by atoms with Crippen LogP contribution in [0.3, 0.4) is 0 Å². The molecule has 2 heterocycles. The van der Waals surface area contributed by atoms with Gasteiger partial charge in [0.25, 0.3) is 0 Å². The van der Waals surface area contributed by atoms with Gasteiger partial charge in [-0.2, -0.15) is 0 Å². The van der Waals surface area contributed by atoms with E-state index in [1.54, 1.807) is 0 Å². The molecule has 0 aliphatic carbocycles. The van der Waals surface area contributed by atoms with Gasteiger partial charge in [-0.25, -0.2) is 13.1 Å². The van der Waals surface area contributed by atoms with Crippen LogP contribution in [-0.4, -0.2) is 52.2 Å². The van der Waals surface area contributed by atoms with Crippen molar-refractivity contribution in [3.05, 3.63) is 27.8 Å². The van der Waals surface area contributed by atoms with E-state index in [9.17, 15) is 8.42 Å². The maximum Gasteiger partial charge on any atom is 0.241 e. The van der Waals surface area contributed by atoms with Gasteiger partial charge in [-0.05, 0) is 107 Å². The summed E-state index contributed by atoms with van der Waals surface area (Å²) in [7, 11) is -3.50. The van der Waals surface area contributed by atoms with Crippen LogP contribution in [-0.2, 0) is 14.8 Å². The minimum absolute atomic E-state index is 0.416. The van der Waals surface area contributed by atoms with Crippen molar-refractivity contribution in [1.29, 1.82) is 0 Å². The van der Waals surface area contributed by atoms with Crippen LogP contribution in [0.1, 0.15) is 53.5 Å². The lowest BCUT2D eigenvalue weighted by atomic mass is 9.94. The van der Waals surface area contributed by atoms with Gasteiger partial charge in [-0.3, -0.25) is 0 Å². The second-order valence-electron chi connectivity index (χ2n) is 8.63. The molecule has 28 heavy (non-hydrogen) atoms. The molecular formula is C22H36N2O3S. The molecular weight excluding hydrogens is 372 g/mol. The fraction of sp³-hybridized carbons (Fsp3) is 0.727. The van der Waals surface area contributed by atoms with Crippen LogP contribution in [0.25, 0.3) is 0 Å². The van der Waals surface area contributed by atoms with E-state index in [0.717, 1.165) is 74.2 Å². The topological polar surface area (TPSA) is 58.6 Å². The van der Waals surface area contributed by atoms with Gasteiger partial charge in [0.05, 0.1) is 4.90 Å². The van der Waals surface area contributed by atoms with Gasteiger partial charge in [-0.1, -0.05) is 0 Å². The highest BCUT2D eigenvalue weighted by molar-refractivity contribution is 7.89. The summed E-state index contributed by atoms with van der Waals surface area (Å²) in [4.78, 5) is 3.06. The third kappa shape index (κ3) is 4.45.